The highest BCUT2D eigenvalue weighted by atomic mass is 15.1. The lowest BCUT2D eigenvalue weighted by molar-refractivity contribution is 0.240. The van der Waals surface area contributed by atoms with E-state index in [4.69, 9.17) is 5.73 Å². The van der Waals surface area contributed by atoms with Crippen molar-refractivity contribution in [3.63, 3.8) is 0 Å². The van der Waals surface area contributed by atoms with Gasteiger partial charge in [-0.1, -0.05) is 6.07 Å². The van der Waals surface area contributed by atoms with Crippen LogP contribution in [-0.2, 0) is 13.6 Å². The molecule has 1 aromatic heterocycles. The molecule has 4 nitrogen and oxygen atoms in total. The van der Waals surface area contributed by atoms with Crippen LogP contribution in [0.1, 0.15) is 24.7 Å². The number of rotatable bonds is 5. The lowest BCUT2D eigenvalue weighted by Crippen LogP contribution is -2.30. The number of benzene rings is 1. The Morgan fingerprint density at radius 1 is 1.42 bits per heavy atom. The standard InChI is InChI=1S/C15H24N4/c1-11(7-8-16)18(3)10-13-5-6-15-14(9-13)17-12(2)19(15)4/h5-6,9,11H,7-8,10,16H2,1-4H3. The first-order chi connectivity index (χ1) is 9.02. The van der Waals surface area contributed by atoms with E-state index in [1.165, 1.54) is 11.1 Å². The van der Waals surface area contributed by atoms with Crippen LogP contribution >= 0.6 is 0 Å². The Morgan fingerprint density at radius 3 is 2.84 bits per heavy atom. The zero-order valence-electron chi connectivity index (χ0n) is 12.3. The molecule has 0 aliphatic heterocycles. The minimum atomic E-state index is 0.506. The molecule has 1 aromatic carbocycles. The summed E-state index contributed by atoms with van der Waals surface area (Å²) in [6.45, 7) is 5.93. The van der Waals surface area contributed by atoms with Gasteiger partial charge in [0.15, 0.2) is 0 Å². The summed E-state index contributed by atoms with van der Waals surface area (Å²) in [6, 6.07) is 7.04. The summed E-state index contributed by atoms with van der Waals surface area (Å²) in [6.07, 6.45) is 1.03. The van der Waals surface area contributed by atoms with Crippen molar-refractivity contribution in [1.82, 2.24) is 14.5 Å². The molecule has 2 aromatic rings. The highest BCUT2D eigenvalue weighted by Gasteiger charge is 2.10. The largest absolute Gasteiger partial charge is 0.331 e. The Kier molecular flexibility index (Phi) is 4.22. The Morgan fingerprint density at radius 2 is 2.16 bits per heavy atom. The molecule has 0 spiro atoms. The summed E-state index contributed by atoms with van der Waals surface area (Å²) in [5, 5.41) is 0. The van der Waals surface area contributed by atoms with E-state index in [0.29, 0.717) is 6.04 Å². The first-order valence-corrected chi connectivity index (χ1v) is 6.85. The predicted octanol–water partition coefficient (Wildman–Crippen LogP) is 2.05. The smallest absolute Gasteiger partial charge is 0.106 e. The van der Waals surface area contributed by atoms with Gasteiger partial charge >= 0.3 is 0 Å². The van der Waals surface area contributed by atoms with Gasteiger partial charge in [0.25, 0.3) is 0 Å². The van der Waals surface area contributed by atoms with E-state index in [2.05, 4.69) is 53.7 Å². The number of aromatic nitrogens is 2. The third-order valence-electron chi connectivity index (χ3n) is 3.94. The van der Waals surface area contributed by atoms with Crippen molar-refractivity contribution in [2.24, 2.45) is 12.8 Å². The van der Waals surface area contributed by atoms with E-state index in [0.717, 1.165) is 30.9 Å². The van der Waals surface area contributed by atoms with E-state index in [9.17, 15) is 0 Å². The average Bonchev–Trinajstić information content (AvgIpc) is 2.65. The van der Waals surface area contributed by atoms with Crippen LogP contribution in [-0.4, -0.2) is 34.1 Å². The zero-order valence-corrected chi connectivity index (χ0v) is 12.3. The zero-order chi connectivity index (χ0) is 14.0. The number of fused-ring (bicyclic) bond motifs is 1. The number of imidazole rings is 1. The summed E-state index contributed by atoms with van der Waals surface area (Å²) >= 11 is 0. The SMILES string of the molecule is Cc1nc2cc(CN(C)C(C)CCN)ccc2n1C. The van der Waals surface area contributed by atoms with Crippen molar-refractivity contribution in [3.05, 3.63) is 29.6 Å². The third-order valence-corrected chi connectivity index (χ3v) is 3.94. The van der Waals surface area contributed by atoms with Gasteiger partial charge in [-0.3, -0.25) is 4.90 Å². The molecule has 0 saturated heterocycles. The Balaban J connectivity index is 2.17. The van der Waals surface area contributed by atoms with Crippen molar-refractivity contribution >= 4 is 11.0 Å². The van der Waals surface area contributed by atoms with E-state index >= 15 is 0 Å². The number of hydrogen-bond acceptors (Lipinski definition) is 3. The molecule has 0 aliphatic rings. The van der Waals surface area contributed by atoms with Crippen LogP contribution in [0.2, 0.25) is 0 Å². The lowest BCUT2D eigenvalue weighted by Gasteiger charge is -2.24. The van der Waals surface area contributed by atoms with E-state index in [1.54, 1.807) is 0 Å². The molecule has 2 N–H and O–H groups in total. The number of nitrogens with zero attached hydrogens (tertiary/aromatic N) is 3. The van der Waals surface area contributed by atoms with Crippen molar-refractivity contribution < 1.29 is 0 Å². The molecule has 1 unspecified atom stereocenters. The van der Waals surface area contributed by atoms with E-state index in [-0.39, 0.29) is 0 Å². The maximum atomic E-state index is 5.61. The topological polar surface area (TPSA) is 47.1 Å². The molecule has 0 radical (unpaired) electrons. The molecule has 1 atom stereocenters. The van der Waals surface area contributed by atoms with Gasteiger partial charge in [-0.25, -0.2) is 4.98 Å². The fourth-order valence-electron chi connectivity index (χ4n) is 2.37. The summed E-state index contributed by atoms with van der Waals surface area (Å²) in [7, 11) is 4.20. The molecular weight excluding hydrogens is 236 g/mol. The second-order valence-corrected chi connectivity index (χ2v) is 5.38. The van der Waals surface area contributed by atoms with Gasteiger partial charge in [0, 0.05) is 19.6 Å². The maximum Gasteiger partial charge on any atom is 0.106 e. The third kappa shape index (κ3) is 2.96. The van der Waals surface area contributed by atoms with Crippen molar-refractivity contribution in [2.45, 2.75) is 32.9 Å². The molecule has 19 heavy (non-hydrogen) atoms. The van der Waals surface area contributed by atoms with Crippen LogP contribution < -0.4 is 5.73 Å². The van der Waals surface area contributed by atoms with Crippen molar-refractivity contribution in [3.8, 4) is 0 Å². The molecule has 104 valence electrons. The van der Waals surface area contributed by atoms with Gasteiger partial charge in [-0.05, 0) is 51.6 Å². The van der Waals surface area contributed by atoms with Crippen LogP contribution in [0.4, 0.5) is 0 Å². The second kappa shape index (κ2) is 5.72. The van der Waals surface area contributed by atoms with Gasteiger partial charge in [-0.15, -0.1) is 0 Å². The second-order valence-electron chi connectivity index (χ2n) is 5.38. The molecule has 0 fully saturated rings. The van der Waals surface area contributed by atoms with Gasteiger partial charge in [0.2, 0.25) is 0 Å². The first-order valence-electron chi connectivity index (χ1n) is 6.85. The summed E-state index contributed by atoms with van der Waals surface area (Å²) in [4.78, 5) is 6.92. The molecular formula is C15H24N4. The fourth-order valence-corrected chi connectivity index (χ4v) is 2.37. The van der Waals surface area contributed by atoms with Crippen molar-refractivity contribution in [1.29, 1.82) is 0 Å². The van der Waals surface area contributed by atoms with Crippen LogP contribution in [0.5, 0.6) is 0 Å². The first kappa shape index (κ1) is 14.0. The van der Waals surface area contributed by atoms with E-state index in [1.807, 2.05) is 6.92 Å². The molecule has 2 rings (SSSR count). The van der Waals surface area contributed by atoms with Gasteiger partial charge in [0.05, 0.1) is 11.0 Å². The highest BCUT2D eigenvalue weighted by Crippen LogP contribution is 2.18. The van der Waals surface area contributed by atoms with Crippen molar-refractivity contribution in [2.75, 3.05) is 13.6 Å². The number of hydrogen-bond donors (Lipinski definition) is 1. The summed E-state index contributed by atoms with van der Waals surface area (Å²) in [5.74, 6) is 1.05. The van der Waals surface area contributed by atoms with Crippen LogP contribution in [0.25, 0.3) is 11.0 Å². The lowest BCUT2D eigenvalue weighted by atomic mass is 10.1. The number of aryl methyl sites for hydroxylation is 2. The maximum absolute atomic E-state index is 5.61. The Labute approximate surface area is 115 Å². The number of nitrogens with two attached hydrogens (primary N) is 1. The fraction of sp³-hybridized carbons (Fsp3) is 0.533. The van der Waals surface area contributed by atoms with Crippen LogP contribution in [0.3, 0.4) is 0 Å². The minimum Gasteiger partial charge on any atom is -0.331 e. The van der Waals surface area contributed by atoms with Crippen LogP contribution in [0.15, 0.2) is 18.2 Å². The van der Waals surface area contributed by atoms with Gasteiger partial charge in [0.1, 0.15) is 5.82 Å². The van der Waals surface area contributed by atoms with Gasteiger partial charge in [-0.2, -0.15) is 0 Å². The monoisotopic (exact) mass is 260 g/mol. The normalized spacial score (nSPS) is 13.4. The quantitative estimate of drug-likeness (QED) is 0.895. The molecule has 0 saturated carbocycles. The highest BCUT2D eigenvalue weighted by molar-refractivity contribution is 5.76. The predicted molar refractivity (Wildman–Crippen MR) is 80.1 cm³/mol. The van der Waals surface area contributed by atoms with E-state index < -0.39 is 0 Å². The minimum absolute atomic E-state index is 0.506. The van der Waals surface area contributed by atoms with Crippen LogP contribution in [0, 0.1) is 6.92 Å². The molecule has 0 amide bonds. The summed E-state index contributed by atoms with van der Waals surface area (Å²) in [5.41, 5.74) is 9.19. The Bertz CT molecular complexity index is 559. The molecule has 4 heteroatoms. The molecule has 0 aliphatic carbocycles. The molecule has 1 heterocycles. The van der Waals surface area contributed by atoms with Gasteiger partial charge < -0.3 is 10.3 Å². The summed E-state index contributed by atoms with van der Waals surface area (Å²) < 4.78 is 2.12. The Hall–Kier alpha value is -1.39. The average molecular weight is 260 g/mol. The molecule has 0 bridgehead atoms.